The van der Waals surface area contributed by atoms with E-state index in [-0.39, 0.29) is 5.69 Å². The highest BCUT2D eigenvalue weighted by Crippen LogP contribution is 2.36. The Bertz CT molecular complexity index is 1510. The molecule has 0 aliphatic rings. The maximum absolute atomic E-state index is 12.9. The number of alkyl halides is 3. The predicted octanol–water partition coefficient (Wildman–Crippen LogP) is 7.80. The lowest BCUT2D eigenvalue weighted by molar-refractivity contribution is -0.384. The number of hydrazone groups is 1. The van der Waals surface area contributed by atoms with Crippen LogP contribution in [-0.4, -0.2) is 17.7 Å². The summed E-state index contributed by atoms with van der Waals surface area (Å²) in [6.45, 7) is 2.55. The molecule has 4 aromatic carbocycles. The van der Waals surface area contributed by atoms with E-state index in [0.717, 1.165) is 32.0 Å². The molecule has 0 fully saturated rings. The second kappa shape index (κ2) is 11.7. The maximum Gasteiger partial charge on any atom is 0.416 e. The minimum absolute atomic E-state index is 0.172. The van der Waals surface area contributed by atoms with Crippen molar-refractivity contribution in [2.24, 2.45) is 5.10 Å². The number of nitro benzene ring substituents is 1. The van der Waals surface area contributed by atoms with E-state index < -0.39 is 22.4 Å². The number of halogens is 4. The minimum atomic E-state index is -4.70. The molecule has 1 N–H and O–H groups in total. The zero-order valence-corrected chi connectivity index (χ0v) is 22.1. The van der Waals surface area contributed by atoms with Gasteiger partial charge >= 0.3 is 6.18 Å². The van der Waals surface area contributed by atoms with Gasteiger partial charge in [0.15, 0.2) is 11.5 Å². The fraction of sp³-hybridized carbons (Fsp3) is 0.148. The van der Waals surface area contributed by atoms with Crippen LogP contribution in [0.5, 0.6) is 11.5 Å². The van der Waals surface area contributed by atoms with Gasteiger partial charge in [-0.25, -0.2) is 0 Å². The van der Waals surface area contributed by atoms with Gasteiger partial charge in [0.1, 0.15) is 12.3 Å². The van der Waals surface area contributed by atoms with Crippen molar-refractivity contribution in [1.82, 2.24) is 0 Å². The van der Waals surface area contributed by atoms with Crippen molar-refractivity contribution in [3.63, 3.8) is 0 Å². The Kier molecular flexibility index (Phi) is 8.35. The van der Waals surface area contributed by atoms with Crippen LogP contribution in [0.4, 0.5) is 24.5 Å². The summed E-state index contributed by atoms with van der Waals surface area (Å²) >= 11 is 2.11. The number of rotatable bonds is 9. The Morgan fingerprint density at radius 1 is 1.03 bits per heavy atom. The second-order valence-corrected chi connectivity index (χ2v) is 9.25. The summed E-state index contributed by atoms with van der Waals surface area (Å²) in [6, 6.07) is 19.8. The molecule has 0 aliphatic carbocycles. The van der Waals surface area contributed by atoms with E-state index in [2.05, 4.69) is 39.2 Å². The van der Waals surface area contributed by atoms with Crippen molar-refractivity contribution in [2.75, 3.05) is 12.0 Å². The molecule has 0 spiro atoms. The summed E-state index contributed by atoms with van der Waals surface area (Å²) in [6.07, 6.45) is -3.31. The Labute approximate surface area is 229 Å². The number of hydrogen-bond donors (Lipinski definition) is 1. The second-order valence-electron chi connectivity index (χ2n) is 8.09. The van der Waals surface area contributed by atoms with Crippen LogP contribution in [0.25, 0.3) is 10.8 Å². The molecule has 7 nitrogen and oxygen atoms in total. The Morgan fingerprint density at radius 3 is 2.50 bits per heavy atom. The highest BCUT2D eigenvalue weighted by Gasteiger charge is 2.33. The third-order valence-corrected chi connectivity index (χ3v) is 6.25. The number of fused-ring (bicyclic) bond motifs is 1. The molecule has 38 heavy (non-hydrogen) atoms. The fourth-order valence-corrected chi connectivity index (χ4v) is 4.46. The molecule has 0 aromatic heterocycles. The number of nitrogens with one attached hydrogen (secondary N) is 1. The monoisotopic (exact) mass is 635 g/mol. The van der Waals surface area contributed by atoms with Crippen LogP contribution in [0.3, 0.4) is 0 Å². The van der Waals surface area contributed by atoms with Gasteiger partial charge in [-0.15, -0.1) is 0 Å². The van der Waals surface area contributed by atoms with Crippen LogP contribution in [0.15, 0.2) is 77.9 Å². The van der Waals surface area contributed by atoms with Gasteiger partial charge in [-0.1, -0.05) is 36.4 Å². The van der Waals surface area contributed by atoms with Crippen LogP contribution in [0, 0.1) is 13.7 Å². The highest BCUT2D eigenvalue weighted by atomic mass is 127. The average Bonchev–Trinajstić information content (AvgIpc) is 2.87. The molecule has 0 bridgehead atoms. The molecule has 0 saturated carbocycles. The molecule has 196 valence electrons. The van der Waals surface area contributed by atoms with E-state index in [9.17, 15) is 23.3 Å². The molecule has 0 aliphatic heterocycles. The van der Waals surface area contributed by atoms with Crippen LogP contribution >= 0.6 is 22.6 Å². The first-order chi connectivity index (χ1) is 18.2. The van der Waals surface area contributed by atoms with Gasteiger partial charge in [0.2, 0.25) is 0 Å². The summed E-state index contributed by atoms with van der Waals surface area (Å²) in [5.41, 5.74) is 2.02. The first-order valence-corrected chi connectivity index (χ1v) is 12.4. The van der Waals surface area contributed by atoms with Gasteiger partial charge in [-0.05, 0) is 81.7 Å². The number of nitrogens with zero attached hydrogens (tertiary/aromatic N) is 2. The minimum Gasteiger partial charge on any atom is -0.490 e. The normalized spacial score (nSPS) is 11.6. The third kappa shape index (κ3) is 6.52. The van der Waals surface area contributed by atoms with Crippen molar-refractivity contribution < 1.29 is 27.6 Å². The molecule has 0 heterocycles. The molecule has 4 aromatic rings. The predicted molar refractivity (Wildman–Crippen MR) is 148 cm³/mol. The van der Waals surface area contributed by atoms with E-state index in [4.69, 9.17) is 9.47 Å². The van der Waals surface area contributed by atoms with Crippen molar-refractivity contribution in [1.29, 1.82) is 0 Å². The summed E-state index contributed by atoms with van der Waals surface area (Å²) in [5, 5.41) is 17.5. The van der Waals surface area contributed by atoms with Gasteiger partial charge in [0, 0.05) is 6.07 Å². The van der Waals surface area contributed by atoms with Gasteiger partial charge in [0.25, 0.3) is 5.69 Å². The van der Waals surface area contributed by atoms with Crippen LogP contribution in [0.2, 0.25) is 0 Å². The first-order valence-electron chi connectivity index (χ1n) is 11.4. The summed E-state index contributed by atoms with van der Waals surface area (Å²) in [5.74, 6) is 1.05. The molecule has 0 saturated heterocycles. The SMILES string of the molecule is CCOc1cc(/C=N/Nc2ccc(C(F)(F)F)cc2[N+](=O)[O-])cc(I)c1OCc1ccc2ccccc2c1. The molecule has 11 heteroatoms. The smallest absolute Gasteiger partial charge is 0.416 e. The Hall–Kier alpha value is -3.87. The van der Waals surface area contributed by atoms with E-state index in [1.54, 1.807) is 12.1 Å². The van der Waals surface area contributed by atoms with Crippen molar-refractivity contribution in [3.05, 3.63) is 103 Å². The molecule has 0 unspecified atom stereocenters. The van der Waals surface area contributed by atoms with E-state index in [0.29, 0.717) is 36.3 Å². The highest BCUT2D eigenvalue weighted by molar-refractivity contribution is 14.1. The fourth-order valence-electron chi connectivity index (χ4n) is 3.68. The number of hydrogen-bond acceptors (Lipinski definition) is 6. The molecule has 0 atom stereocenters. The lowest BCUT2D eigenvalue weighted by Crippen LogP contribution is -2.06. The van der Waals surface area contributed by atoms with Crippen LogP contribution in [-0.2, 0) is 12.8 Å². The number of benzene rings is 4. The first kappa shape index (κ1) is 27.2. The summed E-state index contributed by atoms with van der Waals surface area (Å²) in [7, 11) is 0. The van der Waals surface area contributed by atoms with Crippen molar-refractivity contribution in [2.45, 2.75) is 19.7 Å². The third-order valence-electron chi connectivity index (χ3n) is 5.45. The topological polar surface area (TPSA) is 86.0 Å². The lowest BCUT2D eigenvalue weighted by Gasteiger charge is -2.15. The quantitative estimate of drug-likeness (QED) is 0.0879. The largest absolute Gasteiger partial charge is 0.490 e. The zero-order chi connectivity index (χ0) is 27.3. The molecule has 0 radical (unpaired) electrons. The van der Waals surface area contributed by atoms with Gasteiger partial charge in [-0.3, -0.25) is 15.5 Å². The average molecular weight is 635 g/mol. The number of ether oxygens (including phenoxy) is 2. The lowest BCUT2D eigenvalue weighted by atomic mass is 10.1. The molecule has 0 amide bonds. The van der Waals surface area contributed by atoms with Gasteiger partial charge in [0.05, 0.1) is 26.9 Å². The summed E-state index contributed by atoms with van der Waals surface area (Å²) in [4.78, 5) is 10.4. The molecular formula is C27H21F3IN3O4. The summed E-state index contributed by atoms with van der Waals surface area (Å²) < 4.78 is 51.4. The Balaban J connectivity index is 1.52. The maximum atomic E-state index is 12.9. The van der Waals surface area contributed by atoms with Crippen molar-refractivity contribution >= 4 is 51.0 Å². The van der Waals surface area contributed by atoms with Crippen molar-refractivity contribution in [3.8, 4) is 11.5 Å². The molecule has 4 rings (SSSR count). The number of anilines is 1. The van der Waals surface area contributed by atoms with E-state index >= 15 is 0 Å². The Morgan fingerprint density at radius 2 is 1.79 bits per heavy atom. The zero-order valence-electron chi connectivity index (χ0n) is 20.0. The molecular weight excluding hydrogens is 614 g/mol. The standard InChI is InChI=1S/C27H21F3IN3O4/c1-2-37-25-13-18(15-32-33-23-10-9-21(27(28,29)30)14-24(23)34(35)36)12-22(31)26(25)38-16-17-7-8-19-5-3-4-6-20(19)11-17/h3-15,33H,2,16H2,1H3/b32-15+. The van der Waals surface area contributed by atoms with E-state index in [1.807, 2.05) is 43.3 Å². The van der Waals surface area contributed by atoms with Gasteiger partial charge < -0.3 is 9.47 Å². The van der Waals surface area contributed by atoms with E-state index in [1.165, 1.54) is 6.21 Å². The van der Waals surface area contributed by atoms with Crippen LogP contribution < -0.4 is 14.9 Å². The van der Waals surface area contributed by atoms with Crippen LogP contribution in [0.1, 0.15) is 23.6 Å². The number of nitro groups is 1. The van der Waals surface area contributed by atoms with Gasteiger partial charge in [-0.2, -0.15) is 18.3 Å².